The van der Waals surface area contributed by atoms with Crippen LogP contribution in [0.1, 0.15) is 45.4 Å². The van der Waals surface area contributed by atoms with E-state index in [9.17, 15) is 9.90 Å². The SMILES string of the molecule is CCCCC=C[C@@]1(O)CC(=O)CC[C@]12CO2. The first-order valence-corrected chi connectivity index (χ1v) is 6.18. The largest absolute Gasteiger partial charge is 0.382 e. The van der Waals surface area contributed by atoms with Gasteiger partial charge in [0, 0.05) is 12.8 Å². The van der Waals surface area contributed by atoms with E-state index in [1.165, 1.54) is 0 Å². The maximum atomic E-state index is 11.4. The summed E-state index contributed by atoms with van der Waals surface area (Å²) in [6, 6.07) is 0. The standard InChI is InChI=1S/C13H20O3/c1-2-3-4-5-7-12(15)9-11(14)6-8-13(12)10-16-13/h5,7,15H,2-4,6,8-10H2,1H3/t12-,13+/m1/s1. The number of allylic oxidation sites excluding steroid dienone is 1. The molecule has 1 aliphatic carbocycles. The molecule has 1 saturated heterocycles. The van der Waals surface area contributed by atoms with Crippen molar-refractivity contribution in [3.63, 3.8) is 0 Å². The van der Waals surface area contributed by atoms with Crippen LogP contribution in [0, 0.1) is 0 Å². The number of epoxide rings is 1. The van der Waals surface area contributed by atoms with Crippen molar-refractivity contribution in [3.05, 3.63) is 12.2 Å². The second-order valence-electron chi connectivity index (χ2n) is 4.97. The molecule has 1 N–H and O–H groups in total. The van der Waals surface area contributed by atoms with E-state index in [4.69, 9.17) is 4.74 Å². The zero-order valence-corrected chi connectivity index (χ0v) is 9.87. The van der Waals surface area contributed by atoms with Gasteiger partial charge in [-0.05, 0) is 12.8 Å². The van der Waals surface area contributed by atoms with Crippen LogP contribution >= 0.6 is 0 Å². The van der Waals surface area contributed by atoms with Crippen LogP contribution in [0.15, 0.2) is 12.2 Å². The molecule has 2 aliphatic rings. The Morgan fingerprint density at radius 1 is 1.56 bits per heavy atom. The third-order valence-electron chi connectivity index (χ3n) is 3.67. The summed E-state index contributed by atoms with van der Waals surface area (Å²) in [6.45, 7) is 2.73. The molecule has 1 saturated carbocycles. The van der Waals surface area contributed by atoms with Gasteiger partial charge in [-0.2, -0.15) is 0 Å². The zero-order chi connectivity index (χ0) is 11.6. The number of hydrogen-bond acceptors (Lipinski definition) is 3. The average Bonchev–Trinajstić information content (AvgIpc) is 3.02. The molecular weight excluding hydrogens is 204 g/mol. The molecule has 0 bridgehead atoms. The highest BCUT2D eigenvalue weighted by Gasteiger charge is 2.62. The molecule has 2 fully saturated rings. The normalized spacial score (nSPS) is 38.5. The van der Waals surface area contributed by atoms with Crippen LogP contribution in [-0.4, -0.2) is 28.7 Å². The Labute approximate surface area is 96.5 Å². The lowest BCUT2D eigenvalue weighted by atomic mass is 9.74. The van der Waals surface area contributed by atoms with Crippen molar-refractivity contribution in [2.45, 2.75) is 56.7 Å². The summed E-state index contributed by atoms with van der Waals surface area (Å²) < 4.78 is 5.40. The van der Waals surface area contributed by atoms with Crippen molar-refractivity contribution >= 4 is 5.78 Å². The summed E-state index contributed by atoms with van der Waals surface area (Å²) in [6.07, 6.45) is 8.44. The van der Waals surface area contributed by atoms with Crippen LogP contribution in [0.5, 0.6) is 0 Å². The second-order valence-corrected chi connectivity index (χ2v) is 4.97. The molecule has 90 valence electrons. The van der Waals surface area contributed by atoms with Gasteiger partial charge in [0.05, 0.1) is 6.61 Å². The maximum Gasteiger partial charge on any atom is 0.136 e. The highest BCUT2D eigenvalue weighted by molar-refractivity contribution is 5.81. The molecule has 0 amide bonds. The smallest absolute Gasteiger partial charge is 0.136 e. The molecular formula is C13H20O3. The Morgan fingerprint density at radius 2 is 2.31 bits per heavy atom. The molecule has 0 aromatic heterocycles. The Morgan fingerprint density at radius 3 is 2.94 bits per heavy atom. The van der Waals surface area contributed by atoms with Crippen molar-refractivity contribution in [1.82, 2.24) is 0 Å². The summed E-state index contributed by atoms with van der Waals surface area (Å²) >= 11 is 0. The van der Waals surface area contributed by atoms with Gasteiger partial charge in [-0.15, -0.1) is 0 Å². The second kappa shape index (κ2) is 4.30. The van der Waals surface area contributed by atoms with Crippen LogP contribution in [0.25, 0.3) is 0 Å². The first kappa shape index (κ1) is 11.8. The lowest BCUT2D eigenvalue weighted by Gasteiger charge is -2.34. The summed E-state index contributed by atoms with van der Waals surface area (Å²) in [4.78, 5) is 11.4. The Balaban J connectivity index is 2.02. The third-order valence-corrected chi connectivity index (χ3v) is 3.67. The number of aliphatic hydroxyl groups is 1. The number of carbonyl (C=O) groups excluding carboxylic acids is 1. The number of Topliss-reactive ketones (excluding diaryl/α,β-unsaturated/α-hetero) is 1. The van der Waals surface area contributed by atoms with Gasteiger partial charge >= 0.3 is 0 Å². The minimum absolute atomic E-state index is 0.142. The van der Waals surface area contributed by atoms with Crippen molar-refractivity contribution in [1.29, 1.82) is 0 Å². The number of unbranched alkanes of at least 4 members (excludes halogenated alkanes) is 2. The molecule has 16 heavy (non-hydrogen) atoms. The predicted molar refractivity (Wildman–Crippen MR) is 61.2 cm³/mol. The van der Waals surface area contributed by atoms with Crippen LogP contribution in [0.2, 0.25) is 0 Å². The molecule has 1 spiro atoms. The Bertz CT molecular complexity index is 304. The van der Waals surface area contributed by atoms with E-state index in [2.05, 4.69) is 6.92 Å². The van der Waals surface area contributed by atoms with Crippen LogP contribution in [-0.2, 0) is 9.53 Å². The quantitative estimate of drug-likeness (QED) is 0.451. The number of carbonyl (C=O) groups is 1. The van der Waals surface area contributed by atoms with E-state index in [-0.39, 0.29) is 12.2 Å². The summed E-state index contributed by atoms with van der Waals surface area (Å²) in [5, 5.41) is 10.5. The fourth-order valence-electron chi connectivity index (χ4n) is 2.40. The topological polar surface area (TPSA) is 49.8 Å². The molecule has 1 heterocycles. The number of hydrogen-bond donors (Lipinski definition) is 1. The van der Waals surface area contributed by atoms with E-state index >= 15 is 0 Å². The van der Waals surface area contributed by atoms with Crippen molar-refractivity contribution in [3.8, 4) is 0 Å². The number of ketones is 1. The van der Waals surface area contributed by atoms with Gasteiger partial charge in [0.25, 0.3) is 0 Å². The molecule has 0 aromatic rings. The first-order valence-electron chi connectivity index (χ1n) is 6.18. The first-order chi connectivity index (χ1) is 7.62. The summed E-state index contributed by atoms with van der Waals surface area (Å²) in [7, 11) is 0. The van der Waals surface area contributed by atoms with Gasteiger partial charge in [0.15, 0.2) is 0 Å². The lowest BCUT2D eigenvalue weighted by molar-refractivity contribution is -0.130. The van der Waals surface area contributed by atoms with E-state index in [0.29, 0.717) is 19.4 Å². The average molecular weight is 224 g/mol. The van der Waals surface area contributed by atoms with E-state index < -0.39 is 11.2 Å². The fourth-order valence-corrected chi connectivity index (χ4v) is 2.40. The van der Waals surface area contributed by atoms with Gasteiger partial charge in [-0.3, -0.25) is 4.79 Å². The summed E-state index contributed by atoms with van der Waals surface area (Å²) in [5.41, 5.74) is -1.49. The number of rotatable bonds is 4. The summed E-state index contributed by atoms with van der Waals surface area (Å²) in [5.74, 6) is 0.142. The highest BCUT2D eigenvalue weighted by atomic mass is 16.6. The molecule has 1 aliphatic heterocycles. The van der Waals surface area contributed by atoms with Gasteiger partial charge in [-0.1, -0.05) is 31.9 Å². The molecule has 2 rings (SSSR count). The lowest BCUT2D eigenvalue weighted by Crippen LogP contribution is -2.49. The van der Waals surface area contributed by atoms with Crippen molar-refractivity contribution in [2.75, 3.05) is 6.61 Å². The zero-order valence-electron chi connectivity index (χ0n) is 9.87. The Hall–Kier alpha value is -0.670. The van der Waals surface area contributed by atoms with Crippen molar-refractivity contribution < 1.29 is 14.6 Å². The van der Waals surface area contributed by atoms with E-state index in [1.807, 2.05) is 6.08 Å². The van der Waals surface area contributed by atoms with E-state index in [0.717, 1.165) is 19.3 Å². The molecule has 3 heteroatoms. The molecule has 0 radical (unpaired) electrons. The van der Waals surface area contributed by atoms with Crippen LogP contribution in [0.3, 0.4) is 0 Å². The fraction of sp³-hybridized carbons (Fsp3) is 0.769. The maximum absolute atomic E-state index is 11.4. The molecule has 3 nitrogen and oxygen atoms in total. The Kier molecular flexibility index (Phi) is 3.17. The van der Waals surface area contributed by atoms with Gasteiger partial charge in [-0.25, -0.2) is 0 Å². The van der Waals surface area contributed by atoms with Crippen molar-refractivity contribution in [2.24, 2.45) is 0 Å². The molecule has 0 unspecified atom stereocenters. The molecule has 0 aromatic carbocycles. The van der Waals surface area contributed by atoms with Crippen LogP contribution in [0.4, 0.5) is 0 Å². The number of ether oxygens (including phenoxy) is 1. The van der Waals surface area contributed by atoms with E-state index in [1.54, 1.807) is 6.08 Å². The van der Waals surface area contributed by atoms with Crippen LogP contribution < -0.4 is 0 Å². The highest BCUT2D eigenvalue weighted by Crippen LogP contribution is 2.48. The van der Waals surface area contributed by atoms with Gasteiger partial charge in [0.1, 0.15) is 17.0 Å². The minimum Gasteiger partial charge on any atom is -0.382 e. The van der Waals surface area contributed by atoms with Gasteiger partial charge < -0.3 is 9.84 Å². The third kappa shape index (κ3) is 2.06. The minimum atomic E-state index is -1.05. The predicted octanol–water partition coefficient (Wildman–Crippen LogP) is 1.99. The molecule has 2 atom stereocenters. The monoisotopic (exact) mass is 224 g/mol. The van der Waals surface area contributed by atoms with Gasteiger partial charge in [0.2, 0.25) is 0 Å².